The van der Waals surface area contributed by atoms with Crippen LogP contribution in [0, 0.1) is 5.82 Å². The first kappa shape index (κ1) is 13.7. The number of sulfone groups is 1. The molecule has 0 saturated heterocycles. The Kier molecular flexibility index (Phi) is 3.68. The Morgan fingerprint density at radius 1 is 1.47 bits per heavy atom. The van der Waals surface area contributed by atoms with Gasteiger partial charge in [-0.1, -0.05) is 12.1 Å². The molecule has 0 fully saturated rings. The molecule has 0 aliphatic rings. The van der Waals surface area contributed by atoms with Crippen LogP contribution >= 0.6 is 0 Å². The Morgan fingerprint density at radius 3 is 2.79 bits per heavy atom. The number of benzene rings is 1. The van der Waals surface area contributed by atoms with Crippen molar-refractivity contribution in [2.75, 3.05) is 6.26 Å². The summed E-state index contributed by atoms with van der Waals surface area (Å²) >= 11 is 0. The predicted octanol–water partition coefficient (Wildman–Crippen LogP) is 1.13. The average Bonchev–Trinajstić information content (AvgIpc) is 2.77. The second-order valence-corrected chi connectivity index (χ2v) is 6.35. The summed E-state index contributed by atoms with van der Waals surface area (Å²) in [6.45, 7) is 0.277. The quantitative estimate of drug-likeness (QED) is 0.912. The standard InChI is InChI=1S/C12H14FN3O2S/c1-19(17,18)11-6-15-16(7-11)8-12(14)9-3-2-4-10(13)5-9/h2-7,12H,8,14H2,1H3. The maximum atomic E-state index is 13.1. The molecule has 0 bridgehead atoms. The van der Waals surface area contributed by atoms with Crippen molar-refractivity contribution >= 4 is 9.84 Å². The lowest BCUT2D eigenvalue weighted by molar-refractivity contribution is 0.523. The molecule has 0 radical (unpaired) electrons. The summed E-state index contributed by atoms with van der Waals surface area (Å²) in [6.07, 6.45) is 3.79. The summed E-state index contributed by atoms with van der Waals surface area (Å²) in [5.74, 6) is -0.356. The van der Waals surface area contributed by atoms with E-state index in [2.05, 4.69) is 5.10 Å². The number of hydrogen-bond donors (Lipinski definition) is 1. The minimum atomic E-state index is -3.27. The smallest absolute Gasteiger partial charge is 0.178 e. The molecule has 2 aromatic rings. The molecule has 2 N–H and O–H groups in total. The van der Waals surface area contributed by atoms with Gasteiger partial charge in [-0.3, -0.25) is 4.68 Å². The van der Waals surface area contributed by atoms with Crippen LogP contribution < -0.4 is 5.73 Å². The van der Waals surface area contributed by atoms with Crippen molar-refractivity contribution in [3.8, 4) is 0 Å². The van der Waals surface area contributed by atoms with E-state index in [4.69, 9.17) is 5.73 Å². The number of nitrogens with two attached hydrogens (primary N) is 1. The molecule has 0 spiro atoms. The summed E-state index contributed by atoms with van der Waals surface area (Å²) in [5.41, 5.74) is 6.57. The van der Waals surface area contributed by atoms with Crippen molar-refractivity contribution < 1.29 is 12.8 Å². The van der Waals surface area contributed by atoms with Gasteiger partial charge in [0.2, 0.25) is 0 Å². The van der Waals surface area contributed by atoms with Gasteiger partial charge in [-0.2, -0.15) is 5.10 Å². The number of rotatable bonds is 4. The number of hydrogen-bond acceptors (Lipinski definition) is 4. The van der Waals surface area contributed by atoms with E-state index in [-0.39, 0.29) is 17.3 Å². The van der Waals surface area contributed by atoms with E-state index in [1.54, 1.807) is 12.1 Å². The highest BCUT2D eigenvalue weighted by molar-refractivity contribution is 7.90. The Labute approximate surface area is 110 Å². The summed E-state index contributed by atoms with van der Waals surface area (Å²) in [5, 5.41) is 3.93. The van der Waals surface area contributed by atoms with Crippen LogP contribution in [0.25, 0.3) is 0 Å². The molecule has 0 amide bonds. The third-order valence-electron chi connectivity index (χ3n) is 2.70. The third-order valence-corrected chi connectivity index (χ3v) is 3.77. The van der Waals surface area contributed by atoms with Gasteiger partial charge in [0.25, 0.3) is 0 Å². The van der Waals surface area contributed by atoms with Crippen LogP contribution in [-0.2, 0) is 16.4 Å². The summed E-state index contributed by atoms with van der Waals surface area (Å²) in [6, 6.07) is 5.53. The topological polar surface area (TPSA) is 78.0 Å². The van der Waals surface area contributed by atoms with Crippen LogP contribution in [0.3, 0.4) is 0 Å². The Balaban J connectivity index is 2.15. The molecule has 19 heavy (non-hydrogen) atoms. The molecule has 102 valence electrons. The van der Waals surface area contributed by atoms with E-state index in [0.717, 1.165) is 6.26 Å². The molecule has 0 aliphatic carbocycles. The normalized spacial score (nSPS) is 13.4. The Hall–Kier alpha value is -1.73. The van der Waals surface area contributed by atoms with Gasteiger partial charge in [-0.15, -0.1) is 0 Å². The molecule has 1 aromatic carbocycles. The molecule has 7 heteroatoms. The highest BCUT2D eigenvalue weighted by Crippen LogP contribution is 2.15. The fourth-order valence-electron chi connectivity index (χ4n) is 1.68. The summed E-state index contributed by atoms with van der Waals surface area (Å²) < 4.78 is 37.1. The largest absolute Gasteiger partial charge is 0.322 e. The van der Waals surface area contributed by atoms with Crippen molar-refractivity contribution in [2.45, 2.75) is 17.5 Å². The second-order valence-electron chi connectivity index (χ2n) is 4.33. The van der Waals surface area contributed by atoms with Crippen molar-refractivity contribution in [2.24, 2.45) is 5.73 Å². The van der Waals surface area contributed by atoms with Crippen molar-refractivity contribution in [3.05, 3.63) is 48.0 Å². The monoisotopic (exact) mass is 283 g/mol. The Bertz CT molecular complexity index is 682. The molecule has 2 rings (SSSR count). The Morgan fingerprint density at radius 2 is 2.21 bits per heavy atom. The van der Waals surface area contributed by atoms with Crippen LogP contribution in [0.4, 0.5) is 4.39 Å². The lowest BCUT2D eigenvalue weighted by Crippen LogP contribution is -2.18. The molecular formula is C12H14FN3O2S. The molecular weight excluding hydrogens is 269 g/mol. The molecule has 1 heterocycles. The van der Waals surface area contributed by atoms with Crippen LogP contribution in [0.5, 0.6) is 0 Å². The fraction of sp³-hybridized carbons (Fsp3) is 0.250. The van der Waals surface area contributed by atoms with Gasteiger partial charge in [-0.25, -0.2) is 12.8 Å². The first-order chi connectivity index (χ1) is 8.86. The molecule has 0 saturated carbocycles. The maximum absolute atomic E-state index is 13.1. The van der Waals surface area contributed by atoms with Gasteiger partial charge < -0.3 is 5.73 Å². The highest BCUT2D eigenvalue weighted by atomic mass is 32.2. The zero-order valence-electron chi connectivity index (χ0n) is 10.3. The van der Waals surface area contributed by atoms with Crippen molar-refractivity contribution in [3.63, 3.8) is 0 Å². The molecule has 5 nitrogen and oxygen atoms in total. The minimum Gasteiger partial charge on any atom is -0.322 e. The van der Waals surface area contributed by atoms with Gasteiger partial charge in [-0.05, 0) is 17.7 Å². The van der Waals surface area contributed by atoms with Gasteiger partial charge in [0, 0.05) is 18.5 Å². The molecule has 1 unspecified atom stereocenters. The van der Waals surface area contributed by atoms with E-state index in [1.807, 2.05) is 0 Å². The molecule has 0 aliphatic heterocycles. The van der Waals surface area contributed by atoms with Gasteiger partial charge in [0.05, 0.1) is 12.7 Å². The van der Waals surface area contributed by atoms with E-state index >= 15 is 0 Å². The third kappa shape index (κ3) is 3.39. The number of aromatic nitrogens is 2. The van der Waals surface area contributed by atoms with E-state index in [1.165, 1.54) is 29.2 Å². The first-order valence-corrected chi connectivity index (χ1v) is 7.49. The van der Waals surface area contributed by atoms with Gasteiger partial charge in [0.1, 0.15) is 10.7 Å². The molecule has 1 aromatic heterocycles. The van der Waals surface area contributed by atoms with Gasteiger partial charge in [0.15, 0.2) is 9.84 Å². The summed E-state index contributed by atoms with van der Waals surface area (Å²) in [7, 11) is -3.27. The SMILES string of the molecule is CS(=O)(=O)c1cnn(CC(N)c2cccc(F)c2)c1. The predicted molar refractivity (Wildman–Crippen MR) is 68.7 cm³/mol. The zero-order valence-corrected chi connectivity index (χ0v) is 11.1. The summed E-state index contributed by atoms with van der Waals surface area (Å²) in [4.78, 5) is 0.138. The zero-order chi connectivity index (χ0) is 14.0. The first-order valence-electron chi connectivity index (χ1n) is 5.60. The van der Waals surface area contributed by atoms with E-state index < -0.39 is 15.9 Å². The fourth-order valence-corrected chi connectivity index (χ4v) is 2.23. The lowest BCUT2D eigenvalue weighted by atomic mass is 10.1. The number of halogens is 1. The van der Waals surface area contributed by atoms with Crippen LogP contribution in [0.2, 0.25) is 0 Å². The minimum absolute atomic E-state index is 0.138. The van der Waals surface area contributed by atoms with Crippen LogP contribution in [0.15, 0.2) is 41.6 Å². The highest BCUT2D eigenvalue weighted by Gasteiger charge is 2.12. The van der Waals surface area contributed by atoms with E-state index in [0.29, 0.717) is 5.56 Å². The van der Waals surface area contributed by atoms with Gasteiger partial charge >= 0.3 is 0 Å². The lowest BCUT2D eigenvalue weighted by Gasteiger charge is -2.12. The molecule has 1 atom stereocenters. The maximum Gasteiger partial charge on any atom is 0.178 e. The van der Waals surface area contributed by atoms with Crippen LogP contribution in [-0.4, -0.2) is 24.5 Å². The second kappa shape index (κ2) is 5.10. The number of nitrogens with zero attached hydrogens (tertiary/aromatic N) is 2. The van der Waals surface area contributed by atoms with Crippen molar-refractivity contribution in [1.82, 2.24) is 9.78 Å². The average molecular weight is 283 g/mol. The van der Waals surface area contributed by atoms with E-state index in [9.17, 15) is 12.8 Å². The van der Waals surface area contributed by atoms with Crippen molar-refractivity contribution in [1.29, 1.82) is 0 Å². The van der Waals surface area contributed by atoms with Crippen LogP contribution in [0.1, 0.15) is 11.6 Å².